The number of aliphatic imine (C=N–C) groups is 1. The monoisotopic (exact) mass is 333 g/mol. The van der Waals surface area contributed by atoms with Crippen molar-refractivity contribution in [3.05, 3.63) is 64.2 Å². The zero-order chi connectivity index (χ0) is 18.4. The summed E-state index contributed by atoms with van der Waals surface area (Å²) in [5, 5.41) is 9.13. The van der Waals surface area contributed by atoms with Crippen molar-refractivity contribution in [2.45, 2.75) is 40.0 Å². The molecule has 2 aromatic rings. The molecule has 0 aliphatic rings. The number of nitriles is 1. The number of hydrogen-bond acceptors (Lipinski definition) is 2. The molecule has 130 valence electrons. The van der Waals surface area contributed by atoms with Gasteiger partial charge in [-0.05, 0) is 74.1 Å². The predicted molar refractivity (Wildman–Crippen MR) is 106 cm³/mol. The molecule has 0 saturated heterocycles. The van der Waals surface area contributed by atoms with Crippen LogP contribution >= 0.6 is 0 Å². The van der Waals surface area contributed by atoms with E-state index in [-0.39, 0.29) is 5.92 Å². The number of rotatable bonds is 6. The van der Waals surface area contributed by atoms with E-state index in [0.29, 0.717) is 0 Å². The molecule has 25 heavy (non-hydrogen) atoms. The highest BCUT2D eigenvalue weighted by atomic mass is 15.1. The fourth-order valence-electron chi connectivity index (χ4n) is 2.82. The van der Waals surface area contributed by atoms with Crippen molar-refractivity contribution in [1.29, 1.82) is 5.26 Å². The van der Waals surface area contributed by atoms with E-state index in [1.54, 1.807) is 0 Å². The summed E-state index contributed by atoms with van der Waals surface area (Å²) in [6.07, 6.45) is 2.75. The molecule has 0 heterocycles. The van der Waals surface area contributed by atoms with Crippen molar-refractivity contribution in [2.24, 2.45) is 4.99 Å². The van der Waals surface area contributed by atoms with Crippen molar-refractivity contribution >= 4 is 12.0 Å². The van der Waals surface area contributed by atoms with Gasteiger partial charge in [0.25, 0.3) is 0 Å². The average Bonchev–Trinajstić information content (AvgIpc) is 2.62. The van der Waals surface area contributed by atoms with Crippen LogP contribution in [-0.4, -0.2) is 24.8 Å². The molecule has 0 aromatic heterocycles. The van der Waals surface area contributed by atoms with E-state index < -0.39 is 0 Å². The van der Waals surface area contributed by atoms with E-state index in [1.807, 2.05) is 32.4 Å². The lowest BCUT2D eigenvalue weighted by Crippen LogP contribution is -2.14. The molecule has 0 spiro atoms. The van der Waals surface area contributed by atoms with E-state index >= 15 is 0 Å². The van der Waals surface area contributed by atoms with Crippen LogP contribution in [0.2, 0.25) is 0 Å². The lowest BCUT2D eigenvalue weighted by molar-refractivity contribution is 0.552. The Balaban J connectivity index is 2.26. The Hall–Kier alpha value is -2.60. The Morgan fingerprint density at radius 1 is 1.20 bits per heavy atom. The maximum absolute atomic E-state index is 9.13. The Kier molecular flexibility index (Phi) is 6.36. The summed E-state index contributed by atoms with van der Waals surface area (Å²) in [6, 6.07) is 14.9. The van der Waals surface area contributed by atoms with E-state index in [4.69, 9.17) is 5.26 Å². The van der Waals surface area contributed by atoms with E-state index in [0.717, 1.165) is 24.2 Å². The van der Waals surface area contributed by atoms with Gasteiger partial charge in [0.05, 0.1) is 24.0 Å². The summed E-state index contributed by atoms with van der Waals surface area (Å²) in [4.78, 5) is 6.62. The molecule has 0 aliphatic heterocycles. The fourth-order valence-corrected chi connectivity index (χ4v) is 2.82. The number of benzene rings is 2. The quantitative estimate of drug-likeness (QED) is 0.543. The summed E-state index contributed by atoms with van der Waals surface area (Å²) in [6.45, 7) is 9.28. The molecule has 1 unspecified atom stereocenters. The minimum absolute atomic E-state index is 0.0746. The standard InChI is InChI=1S/C22H27N3/c1-6-25(5)15-24-21-10-16(2)22(17(3)11-21)13-19-8-7-9-20(12-19)18(4)14-23/h7-12,15,18H,6,13H2,1-5H3. The third kappa shape index (κ3) is 4.93. The number of aryl methyl sites for hydroxylation is 2. The summed E-state index contributed by atoms with van der Waals surface area (Å²) in [7, 11) is 2.02. The first kappa shape index (κ1) is 18.7. The van der Waals surface area contributed by atoms with Gasteiger partial charge in [0.15, 0.2) is 0 Å². The Morgan fingerprint density at radius 2 is 1.88 bits per heavy atom. The van der Waals surface area contributed by atoms with Crippen LogP contribution in [0.5, 0.6) is 0 Å². The Labute approximate surface area is 151 Å². The van der Waals surface area contributed by atoms with Crippen LogP contribution in [0.1, 0.15) is 47.6 Å². The van der Waals surface area contributed by atoms with Gasteiger partial charge in [-0.1, -0.05) is 24.3 Å². The predicted octanol–water partition coefficient (Wildman–Crippen LogP) is 5.13. The maximum Gasteiger partial charge on any atom is 0.0909 e. The van der Waals surface area contributed by atoms with Gasteiger partial charge in [-0.15, -0.1) is 0 Å². The summed E-state index contributed by atoms with van der Waals surface area (Å²) < 4.78 is 0. The van der Waals surface area contributed by atoms with Crippen LogP contribution in [0.15, 0.2) is 41.4 Å². The molecule has 2 rings (SSSR count). The minimum Gasteiger partial charge on any atom is -0.366 e. The molecule has 0 fully saturated rings. The van der Waals surface area contributed by atoms with Gasteiger partial charge < -0.3 is 4.90 Å². The second kappa shape index (κ2) is 8.48. The van der Waals surface area contributed by atoms with Gasteiger partial charge in [0.1, 0.15) is 0 Å². The van der Waals surface area contributed by atoms with E-state index in [9.17, 15) is 0 Å². The molecular weight excluding hydrogens is 306 g/mol. The summed E-state index contributed by atoms with van der Waals surface area (Å²) in [5.74, 6) is -0.0746. The van der Waals surface area contributed by atoms with Crippen LogP contribution in [0.4, 0.5) is 5.69 Å². The van der Waals surface area contributed by atoms with Crippen LogP contribution in [0, 0.1) is 25.2 Å². The SMILES string of the molecule is CCN(C)C=Nc1cc(C)c(Cc2cccc(C(C)C#N)c2)c(C)c1. The average molecular weight is 333 g/mol. The van der Waals surface area contributed by atoms with Gasteiger partial charge in [0, 0.05) is 13.6 Å². The topological polar surface area (TPSA) is 39.4 Å². The van der Waals surface area contributed by atoms with Crippen molar-refractivity contribution in [2.75, 3.05) is 13.6 Å². The summed E-state index contributed by atoms with van der Waals surface area (Å²) >= 11 is 0. The number of nitrogens with zero attached hydrogens (tertiary/aromatic N) is 3. The maximum atomic E-state index is 9.13. The largest absolute Gasteiger partial charge is 0.366 e. The van der Waals surface area contributed by atoms with Crippen LogP contribution in [0.3, 0.4) is 0 Å². The third-order valence-corrected chi connectivity index (χ3v) is 4.61. The second-order valence-corrected chi connectivity index (χ2v) is 6.65. The molecule has 0 saturated carbocycles. The van der Waals surface area contributed by atoms with Gasteiger partial charge >= 0.3 is 0 Å². The molecule has 3 heteroatoms. The van der Waals surface area contributed by atoms with Crippen LogP contribution < -0.4 is 0 Å². The molecule has 3 nitrogen and oxygen atoms in total. The zero-order valence-electron chi connectivity index (χ0n) is 15.9. The van der Waals surface area contributed by atoms with Gasteiger partial charge in [-0.25, -0.2) is 4.99 Å². The second-order valence-electron chi connectivity index (χ2n) is 6.65. The van der Waals surface area contributed by atoms with Crippen LogP contribution in [-0.2, 0) is 6.42 Å². The lowest BCUT2D eigenvalue weighted by Gasteiger charge is -2.13. The molecule has 0 radical (unpaired) electrons. The minimum atomic E-state index is -0.0746. The highest BCUT2D eigenvalue weighted by Gasteiger charge is 2.09. The molecule has 0 aliphatic carbocycles. The third-order valence-electron chi connectivity index (χ3n) is 4.61. The molecule has 0 amide bonds. The fraction of sp³-hybridized carbons (Fsp3) is 0.364. The van der Waals surface area contributed by atoms with Crippen molar-refractivity contribution in [3.8, 4) is 6.07 Å². The molecule has 0 bridgehead atoms. The first-order chi connectivity index (χ1) is 11.9. The zero-order valence-corrected chi connectivity index (χ0v) is 15.9. The number of hydrogen-bond donors (Lipinski definition) is 0. The van der Waals surface area contributed by atoms with E-state index in [1.165, 1.54) is 22.3 Å². The highest BCUT2D eigenvalue weighted by Crippen LogP contribution is 2.25. The van der Waals surface area contributed by atoms with Gasteiger partial charge in [0.2, 0.25) is 0 Å². The van der Waals surface area contributed by atoms with Crippen molar-refractivity contribution in [3.63, 3.8) is 0 Å². The molecule has 1 atom stereocenters. The van der Waals surface area contributed by atoms with E-state index in [2.05, 4.69) is 61.0 Å². The summed E-state index contributed by atoms with van der Waals surface area (Å²) in [5.41, 5.74) is 7.16. The molecule has 0 N–H and O–H groups in total. The highest BCUT2D eigenvalue weighted by molar-refractivity contribution is 5.62. The lowest BCUT2D eigenvalue weighted by atomic mass is 9.93. The van der Waals surface area contributed by atoms with Crippen molar-refractivity contribution in [1.82, 2.24) is 4.90 Å². The molecular formula is C22H27N3. The Bertz CT molecular complexity index is 776. The molecule has 2 aromatic carbocycles. The van der Waals surface area contributed by atoms with Crippen molar-refractivity contribution < 1.29 is 0 Å². The van der Waals surface area contributed by atoms with Gasteiger partial charge in [-0.3, -0.25) is 0 Å². The smallest absolute Gasteiger partial charge is 0.0909 e. The Morgan fingerprint density at radius 3 is 2.48 bits per heavy atom. The first-order valence-electron chi connectivity index (χ1n) is 8.77. The van der Waals surface area contributed by atoms with Crippen LogP contribution in [0.25, 0.3) is 0 Å². The van der Waals surface area contributed by atoms with Gasteiger partial charge in [-0.2, -0.15) is 5.26 Å². The first-order valence-corrected chi connectivity index (χ1v) is 8.77. The normalized spacial score (nSPS) is 12.2.